The first-order valence-corrected chi connectivity index (χ1v) is 4.53. The fourth-order valence-corrected chi connectivity index (χ4v) is 1.21. The SMILES string of the molecule is CN.O=CNCc1ccc2c(c1)OCO2. The van der Waals surface area contributed by atoms with Crippen molar-refractivity contribution >= 4 is 6.41 Å². The van der Waals surface area contributed by atoms with Crippen molar-refractivity contribution in [1.82, 2.24) is 5.32 Å². The van der Waals surface area contributed by atoms with Gasteiger partial charge in [0.05, 0.1) is 0 Å². The molecule has 1 aliphatic rings. The molecule has 0 bridgehead atoms. The van der Waals surface area contributed by atoms with Gasteiger partial charge in [-0.3, -0.25) is 4.79 Å². The lowest BCUT2D eigenvalue weighted by Crippen LogP contribution is -2.09. The molecule has 0 saturated heterocycles. The van der Waals surface area contributed by atoms with Gasteiger partial charge in [-0.05, 0) is 24.7 Å². The van der Waals surface area contributed by atoms with Crippen LogP contribution in [0.1, 0.15) is 5.56 Å². The summed E-state index contributed by atoms with van der Waals surface area (Å²) in [4.78, 5) is 10.0. The fraction of sp³-hybridized carbons (Fsp3) is 0.300. The number of hydrogen-bond donors (Lipinski definition) is 2. The minimum Gasteiger partial charge on any atom is -0.454 e. The van der Waals surface area contributed by atoms with Crippen molar-refractivity contribution in [1.29, 1.82) is 0 Å². The van der Waals surface area contributed by atoms with Crippen molar-refractivity contribution in [3.05, 3.63) is 23.8 Å². The Morgan fingerprint density at radius 2 is 2.13 bits per heavy atom. The summed E-state index contributed by atoms with van der Waals surface area (Å²) in [7, 11) is 1.50. The van der Waals surface area contributed by atoms with E-state index in [-0.39, 0.29) is 6.79 Å². The normalized spacial score (nSPS) is 11.3. The van der Waals surface area contributed by atoms with Crippen LogP contribution in [-0.2, 0) is 11.3 Å². The third-order valence-corrected chi connectivity index (χ3v) is 1.83. The van der Waals surface area contributed by atoms with Gasteiger partial charge in [0.15, 0.2) is 11.5 Å². The van der Waals surface area contributed by atoms with Crippen LogP contribution in [0.5, 0.6) is 11.5 Å². The summed E-state index contributed by atoms with van der Waals surface area (Å²) < 4.78 is 10.3. The number of benzene rings is 1. The molecule has 5 nitrogen and oxygen atoms in total. The van der Waals surface area contributed by atoms with E-state index in [9.17, 15) is 4.79 Å². The molecule has 0 aliphatic carbocycles. The zero-order valence-corrected chi connectivity index (χ0v) is 8.53. The van der Waals surface area contributed by atoms with Crippen LogP contribution in [-0.4, -0.2) is 20.3 Å². The second-order valence-corrected chi connectivity index (χ2v) is 2.69. The number of ether oxygens (including phenoxy) is 2. The minimum atomic E-state index is 0.278. The van der Waals surface area contributed by atoms with Gasteiger partial charge in [0.1, 0.15) is 0 Å². The molecule has 5 heteroatoms. The molecule has 0 fully saturated rings. The molecule has 1 aromatic rings. The second-order valence-electron chi connectivity index (χ2n) is 2.69. The zero-order valence-electron chi connectivity index (χ0n) is 8.53. The van der Waals surface area contributed by atoms with Crippen LogP contribution in [0.25, 0.3) is 0 Å². The third-order valence-electron chi connectivity index (χ3n) is 1.83. The van der Waals surface area contributed by atoms with Gasteiger partial charge in [-0.2, -0.15) is 0 Å². The van der Waals surface area contributed by atoms with Crippen molar-refractivity contribution in [3.8, 4) is 11.5 Å². The molecule has 1 amide bonds. The molecular formula is C10H14N2O3. The molecule has 82 valence electrons. The van der Waals surface area contributed by atoms with Gasteiger partial charge in [-0.15, -0.1) is 0 Å². The van der Waals surface area contributed by atoms with Gasteiger partial charge < -0.3 is 20.5 Å². The minimum absolute atomic E-state index is 0.278. The van der Waals surface area contributed by atoms with Crippen LogP contribution in [0.4, 0.5) is 0 Å². The smallest absolute Gasteiger partial charge is 0.231 e. The molecule has 0 unspecified atom stereocenters. The van der Waals surface area contributed by atoms with E-state index in [0.29, 0.717) is 13.0 Å². The average Bonchev–Trinajstić information content (AvgIpc) is 2.76. The molecule has 3 N–H and O–H groups in total. The zero-order chi connectivity index (χ0) is 11.1. The predicted octanol–water partition coefficient (Wildman–Crippen LogP) is 0.236. The van der Waals surface area contributed by atoms with Gasteiger partial charge in [-0.1, -0.05) is 6.07 Å². The van der Waals surface area contributed by atoms with Crippen LogP contribution >= 0.6 is 0 Å². The topological polar surface area (TPSA) is 73.6 Å². The van der Waals surface area contributed by atoms with Crippen LogP contribution in [0.2, 0.25) is 0 Å². The molecule has 1 aromatic carbocycles. The highest BCUT2D eigenvalue weighted by atomic mass is 16.7. The lowest BCUT2D eigenvalue weighted by molar-refractivity contribution is -0.109. The summed E-state index contributed by atoms with van der Waals surface area (Å²) in [5, 5.41) is 2.58. The van der Waals surface area contributed by atoms with E-state index < -0.39 is 0 Å². The van der Waals surface area contributed by atoms with E-state index in [1.165, 1.54) is 7.05 Å². The largest absolute Gasteiger partial charge is 0.454 e. The van der Waals surface area contributed by atoms with E-state index in [4.69, 9.17) is 9.47 Å². The molecular weight excluding hydrogens is 196 g/mol. The fourth-order valence-electron chi connectivity index (χ4n) is 1.21. The molecule has 0 radical (unpaired) electrons. The van der Waals surface area contributed by atoms with Crippen LogP contribution in [0.3, 0.4) is 0 Å². The van der Waals surface area contributed by atoms with Crippen molar-refractivity contribution in [3.63, 3.8) is 0 Å². The quantitative estimate of drug-likeness (QED) is 0.701. The van der Waals surface area contributed by atoms with E-state index >= 15 is 0 Å². The summed E-state index contributed by atoms with van der Waals surface area (Å²) in [5.74, 6) is 1.50. The number of fused-ring (bicyclic) bond motifs is 1. The van der Waals surface area contributed by atoms with Gasteiger partial charge >= 0.3 is 0 Å². The van der Waals surface area contributed by atoms with E-state index in [2.05, 4.69) is 11.1 Å². The van der Waals surface area contributed by atoms with E-state index in [1.54, 1.807) is 0 Å². The molecule has 0 spiro atoms. The highest BCUT2D eigenvalue weighted by Crippen LogP contribution is 2.32. The van der Waals surface area contributed by atoms with Crippen LogP contribution in [0, 0.1) is 0 Å². The first kappa shape index (κ1) is 11.3. The first-order chi connectivity index (χ1) is 7.40. The van der Waals surface area contributed by atoms with Crippen molar-refractivity contribution < 1.29 is 14.3 Å². The van der Waals surface area contributed by atoms with Crippen molar-refractivity contribution in [2.45, 2.75) is 6.54 Å². The Morgan fingerprint density at radius 3 is 2.87 bits per heavy atom. The molecule has 0 atom stereocenters. The number of rotatable bonds is 3. The highest BCUT2D eigenvalue weighted by molar-refractivity contribution is 5.48. The van der Waals surface area contributed by atoms with Crippen LogP contribution < -0.4 is 20.5 Å². The Bertz CT molecular complexity index is 328. The second kappa shape index (κ2) is 5.87. The summed E-state index contributed by atoms with van der Waals surface area (Å²) in [6.45, 7) is 0.792. The van der Waals surface area contributed by atoms with Crippen molar-refractivity contribution in [2.75, 3.05) is 13.8 Å². The number of carbonyl (C=O) groups is 1. The lowest BCUT2D eigenvalue weighted by atomic mass is 10.2. The number of nitrogens with two attached hydrogens (primary N) is 1. The molecule has 15 heavy (non-hydrogen) atoms. The Morgan fingerprint density at radius 1 is 1.40 bits per heavy atom. The monoisotopic (exact) mass is 210 g/mol. The van der Waals surface area contributed by atoms with Gasteiger partial charge in [0.25, 0.3) is 0 Å². The van der Waals surface area contributed by atoms with E-state index in [1.807, 2.05) is 18.2 Å². The maximum Gasteiger partial charge on any atom is 0.231 e. The lowest BCUT2D eigenvalue weighted by Gasteiger charge is -2.00. The Hall–Kier alpha value is -1.75. The molecule has 0 aromatic heterocycles. The third kappa shape index (κ3) is 2.85. The predicted molar refractivity (Wildman–Crippen MR) is 55.6 cm³/mol. The summed E-state index contributed by atoms with van der Waals surface area (Å²) >= 11 is 0. The van der Waals surface area contributed by atoms with Gasteiger partial charge in [0, 0.05) is 6.54 Å². The maximum absolute atomic E-state index is 10.0. The van der Waals surface area contributed by atoms with Crippen molar-refractivity contribution in [2.24, 2.45) is 5.73 Å². The first-order valence-electron chi connectivity index (χ1n) is 4.53. The maximum atomic E-state index is 10.0. The standard InChI is InChI=1S/C9H9NO3.CH5N/c11-5-10-4-7-1-2-8-9(3-7)13-6-12-8;1-2/h1-3,5H,4,6H2,(H,10,11);2H2,1H3. The summed E-state index contributed by atoms with van der Waals surface area (Å²) in [6.07, 6.45) is 0.671. The average molecular weight is 210 g/mol. The van der Waals surface area contributed by atoms with Gasteiger partial charge in [0.2, 0.25) is 13.2 Å². The van der Waals surface area contributed by atoms with Crippen LogP contribution in [0.15, 0.2) is 18.2 Å². The molecule has 2 rings (SSSR count). The number of amides is 1. The molecule has 0 saturated carbocycles. The van der Waals surface area contributed by atoms with Gasteiger partial charge in [-0.25, -0.2) is 0 Å². The van der Waals surface area contributed by atoms with E-state index in [0.717, 1.165) is 17.1 Å². The Kier molecular flexibility index (Phi) is 4.43. The number of carbonyl (C=O) groups excluding carboxylic acids is 1. The number of hydrogen-bond acceptors (Lipinski definition) is 4. The Labute approximate surface area is 88.2 Å². The summed E-state index contributed by atoms with van der Waals surface area (Å²) in [5.41, 5.74) is 5.50. The molecule has 1 heterocycles. The molecule has 1 aliphatic heterocycles. The Balaban J connectivity index is 0.000000531. The number of nitrogens with one attached hydrogen (secondary N) is 1. The highest BCUT2D eigenvalue weighted by Gasteiger charge is 2.12. The summed E-state index contributed by atoms with van der Waals surface area (Å²) in [6, 6.07) is 5.59.